The Morgan fingerprint density at radius 3 is 2.90 bits per heavy atom. The Morgan fingerprint density at radius 1 is 1.45 bits per heavy atom. The molecule has 112 valence electrons. The van der Waals surface area contributed by atoms with Crippen molar-refractivity contribution < 1.29 is 9.84 Å². The second kappa shape index (κ2) is 6.95. The van der Waals surface area contributed by atoms with Crippen molar-refractivity contribution in [3.63, 3.8) is 0 Å². The zero-order chi connectivity index (χ0) is 14.5. The van der Waals surface area contributed by atoms with E-state index >= 15 is 0 Å². The van der Waals surface area contributed by atoms with E-state index in [-0.39, 0.29) is 5.75 Å². The Morgan fingerprint density at radius 2 is 2.25 bits per heavy atom. The van der Waals surface area contributed by atoms with Gasteiger partial charge in [-0.15, -0.1) is 0 Å². The van der Waals surface area contributed by atoms with E-state index in [1.54, 1.807) is 0 Å². The summed E-state index contributed by atoms with van der Waals surface area (Å²) in [6.07, 6.45) is 1.27. The molecular formula is C16H26N2O2. The van der Waals surface area contributed by atoms with Gasteiger partial charge in [-0.2, -0.15) is 0 Å². The molecule has 1 heterocycles. The predicted molar refractivity (Wildman–Crippen MR) is 81.2 cm³/mol. The van der Waals surface area contributed by atoms with Gasteiger partial charge in [0.25, 0.3) is 0 Å². The maximum absolute atomic E-state index is 10.2. The first-order chi connectivity index (χ1) is 9.60. The number of hydrogen-bond donors (Lipinski definition) is 1. The molecule has 0 saturated carbocycles. The highest BCUT2D eigenvalue weighted by molar-refractivity contribution is 5.45. The molecule has 1 unspecified atom stereocenters. The molecule has 0 bridgehead atoms. The van der Waals surface area contributed by atoms with Crippen LogP contribution in [0.25, 0.3) is 0 Å². The molecule has 1 N–H and O–H groups in total. The molecule has 4 heteroatoms. The summed E-state index contributed by atoms with van der Waals surface area (Å²) in [4.78, 5) is 4.67. The van der Waals surface area contributed by atoms with Crippen molar-refractivity contribution in [1.29, 1.82) is 0 Å². The fraction of sp³-hybridized carbons (Fsp3) is 0.625. The molecule has 2 rings (SSSR count). The topological polar surface area (TPSA) is 35.9 Å². The molecular weight excluding hydrogens is 252 g/mol. The van der Waals surface area contributed by atoms with Crippen molar-refractivity contribution in [2.45, 2.75) is 19.9 Å². The molecule has 20 heavy (non-hydrogen) atoms. The second-order valence-electron chi connectivity index (χ2n) is 5.81. The third-order valence-corrected chi connectivity index (χ3v) is 3.88. The van der Waals surface area contributed by atoms with Gasteiger partial charge in [0.2, 0.25) is 0 Å². The van der Waals surface area contributed by atoms with Crippen LogP contribution in [0.5, 0.6) is 11.5 Å². The lowest BCUT2D eigenvalue weighted by Gasteiger charge is -2.21. The Balaban J connectivity index is 1.93. The SMILES string of the molecule is CCOc1cccc(CN(C)CC2CCN(C)C2)c1O. The Bertz CT molecular complexity index is 436. The second-order valence-corrected chi connectivity index (χ2v) is 5.81. The number of likely N-dealkylation sites (tertiary alicyclic amines) is 1. The van der Waals surface area contributed by atoms with E-state index in [4.69, 9.17) is 4.74 Å². The van der Waals surface area contributed by atoms with E-state index in [9.17, 15) is 5.11 Å². The summed E-state index contributed by atoms with van der Waals surface area (Å²) in [7, 11) is 4.29. The van der Waals surface area contributed by atoms with Gasteiger partial charge in [-0.1, -0.05) is 12.1 Å². The minimum absolute atomic E-state index is 0.282. The van der Waals surface area contributed by atoms with Crippen LogP contribution in [-0.2, 0) is 6.54 Å². The number of ether oxygens (including phenoxy) is 1. The predicted octanol–water partition coefficient (Wildman–Crippen LogP) is 2.17. The summed E-state index contributed by atoms with van der Waals surface area (Å²) in [5.41, 5.74) is 0.935. The highest BCUT2D eigenvalue weighted by Gasteiger charge is 2.21. The van der Waals surface area contributed by atoms with Crippen molar-refractivity contribution in [2.75, 3.05) is 40.3 Å². The largest absolute Gasteiger partial charge is 0.504 e. The quantitative estimate of drug-likeness (QED) is 0.865. The first-order valence-corrected chi connectivity index (χ1v) is 7.41. The Kier molecular flexibility index (Phi) is 5.26. The van der Waals surface area contributed by atoms with Crippen LogP contribution in [0.15, 0.2) is 18.2 Å². The summed E-state index contributed by atoms with van der Waals surface area (Å²) in [6, 6.07) is 5.72. The van der Waals surface area contributed by atoms with Crippen LogP contribution in [0.4, 0.5) is 0 Å². The van der Waals surface area contributed by atoms with Crippen molar-refractivity contribution in [2.24, 2.45) is 5.92 Å². The fourth-order valence-electron chi connectivity index (χ4n) is 2.94. The molecule has 0 aliphatic carbocycles. The Hall–Kier alpha value is -1.26. The van der Waals surface area contributed by atoms with Crippen molar-refractivity contribution in [3.8, 4) is 11.5 Å². The Labute approximate surface area is 122 Å². The number of para-hydroxylation sites is 1. The number of rotatable bonds is 6. The molecule has 0 aromatic heterocycles. The maximum Gasteiger partial charge on any atom is 0.162 e. The summed E-state index contributed by atoms with van der Waals surface area (Å²) in [6.45, 7) is 6.70. The van der Waals surface area contributed by atoms with E-state index in [1.165, 1.54) is 19.5 Å². The molecule has 1 aromatic carbocycles. The molecule has 1 fully saturated rings. The molecule has 1 saturated heterocycles. The highest BCUT2D eigenvalue weighted by atomic mass is 16.5. The lowest BCUT2D eigenvalue weighted by atomic mass is 10.1. The van der Waals surface area contributed by atoms with Gasteiger partial charge < -0.3 is 19.6 Å². The van der Waals surface area contributed by atoms with Crippen LogP contribution in [0.2, 0.25) is 0 Å². The van der Waals surface area contributed by atoms with Gasteiger partial charge >= 0.3 is 0 Å². The van der Waals surface area contributed by atoms with Crippen LogP contribution in [-0.4, -0.2) is 55.2 Å². The first-order valence-electron chi connectivity index (χ1n) is 7.41. The van der Waals surface area contributed by atoms with Crippen molar-refractivity contribution >= 4 is 0 Å². The van der Waals surface area contributed by atoms with E-state index in [1.807, 2.05) is 25.1 Å². The molecule has 1 aliphatic rings. The van der Waals surface area contributed by atoms with Gasteiger partial charge in [0.1, 0.15) is 0 Å². The maximum atomic E-state index is 10.2. The van der Waals surface area contributed by atoms with Gasteiger partial charge in [0.15, 0.2) is 11.5 Å². The van der Waals surface area contributed by atoms with E-state index < -0.39 is 0 Å². The minimum Gasteiger partial charge on any atom is -0.504 e. The minimum atomic E-state index is 0.282. The first kappa shape index (κ1) is 15.1. The van der Waals surface area contributed by atoms with Gasteiger partial charge in [-0.3, -0.25) is 0 Å². The monoisotopic (exact) mass is 278 g/mol. The van der Waals surface area contributed by atoms with Crippen LogP contribution in [0, 0.1) is 5.92 Å². The van der Waals surface area contributed by atoms with Gasteiger partial charge in [0, 0.05) is 25.2 Å². The van der Waals surface area contributed by atoms with E-state index in [0.29, 0.717) is 12.4 Å². The zero-order valence-electron chi connectivity index (χ0n) is 12.8. The average Bonchev–Trinajstić information content (AvgIpc) is 2.80. The van der Waals surface area contributed by atoms with Crippen molar-refractivity contribution in [3.05, 3.63) is 23.8 Å². The molecule has 1 atom stereocenters. The molecule has 4 nitrogen and oxygen atoms in total. The molecule has 0 spiro atoms. The van der Waals surface area contributed by atoms with Crippen LogP contribution in [0.1, 0.15) is 18.9 Å². The summed E-state index contributed by atoms with van der Waals surface area (Å²) >= 11 is 0. The number of benzene rings is 1. The van der Waals surface area contributed by atoms with Crippen LogP contribution < -0.4 is 4.74 Å². The standard InChI is InChI=1S/C16H26N2O2/c1-4-20-15-7-5-6-14(16(15)19)12-18(3)11-13-8-9-17(2)10-13/h5-7,13,19H,4,8-12H2,1-3H3. The summed E-state index contributed by atoms with van der Waals surface area (Å²) in [5.74, 6) is 1.60. The van der Waals surface area contributed by atoms with E-state index in [0.717, 1.165) is 24.6 Å². The number of phenols is 1. The zero-order valence-corrected chi connectivity index (χ0v) is 12.8. The number of hydrogen-bond acceptors (Lipinski definition) is 4. The lowest BCUT2D eigenvalue weighted by Crippen LogP contribution is -2.27. The third kappa shape index (κ3) is 3.87. The summed E-state index contributed by atoms with van der Waals surface area (Å²) in [5, 5.41) is 10.2. The lowest BCUT2D eigenvalue weighted by molar-refractivity contribution is 0.261. The smallest absolute Gasteiger partial charge is 0.162 e. The summed E-state index contributed by atoms with van der Waals surface area (Å²) < 4.78 is 5.43. The number of phenolic OH excluding ortho intramolecular Hbond substituents is 1. The third-order valence-electron chi connectivity index (χ3n) is 3.88. The number of aromatic hydroxyl groups is 1. The van der Waals surface area contributed by atoms with Gasteiger partial charge in [0.05, 0.1) is 6.61 Å². The number of nitrogens with zero attached hydrogens (tertiary/aromatic N) is 2. The fourth-order valence-corrected chi connectivity index (χ4v) is 2.94. The van der Waals surface area contributed by atoms with Crippen LogP contribution >= 0.6 is 0 Å². The molecule has 0 amide bonds. The van der Waals surface area contributed by atoms with Gasteiger partial charge in [-0.25, -0.2) is 0 Å². The average molecular weight is 278 g/mol. The normalized spacial score (nSPS) is 19.7. The van der Waals surface area contributed by atoms with E-state index in [2.05, 4.69) is 23.9 Å². The van der Waals surface area contributed by atoms with Crippen molar-refractivity contribution in [1.82, 2.24) is 9.80 Å². The highest BCUT2D eigenvalue weighted by Crippen LogP contribution is 2.30. The molecule has 1 aliphatic heterocycles. The molecule has 1 aromatic rings. The molecule has 0 radical (unpaired) electrons. The van der Waals surface area contributed by atoms with Crippen LogP contribution in [0.3, 0.4) is 0 Å². The van der Waals surface area contributed by atoms with Gasteiger partial charge in [-0.05, 0) is 46.0 Å².